The average Bonchev–Trinajstić information content (AvgIpc) is 3.13. The largest absolute Gasteiger partial charge is 0.465 e. The number of rotatable bonds is 3. The quantitative estimate of drug-likeness (QED) is 0.798. The number of nitrogens with zero attached hydrogens (tertiary/aromatic N) is 3. The number of amides is 1. The molecule has 5 nitrogen and oxygen atoms in total. The van der Waals surface area contributed by atoms with Crippen LogP contribution in [0, 0.1) is 0 Å². The molecule has 0 radical (unpaired) electrons. The summed E-state index contributed by atoms with van der Waals surface area (Å²) in [5, 5.41) is 0. The summed E-state index contributed by atoms with van der Waals surface area (Å²) in [7, 11) is 0. The number of aromatic nitrogens is 1. The van der Waals surface area contributed by atoms with Crippen LogP contribution in [0.3, 0.4) is 0 Å². The molecule has 0 aromatic carbocycles. The molecule has 2 aromatic rings. The highest BCUT2D eigenvalue weighted by Crippen LogP contribution is 2.29. The number of piperazine rings is 1. The van der Waals surface area contributed by atoms with Gasteiger partial charge in [-0.05, 0) is 30.3 Å². The fourth-order valence-corrected chi connectivity index (χ4v) is 2.54. The van der Waals surface area contributed by atoms with Gasteiger partial charge in [0, 0.05) is 38.5 Å². The van der Waals surface area contributed by atoms with Crippen LogP contribution >= 0.6 is 0 Å². The molecule has 1 amide bonds. The van der Waals surface area contributed by atoms with Crippen LogP contribution in [0.15, 0.2) is 47.2 Å². The third kappa shape index (κ3) is 4.20. The van der Waals surface area contributed by atoms with Crippen LogP contribution in [0.1, 0.15) is 11.3 Å². The van der Waals surface area contributed by atoms with Crippen molar-refractivity contribution in [2.45, 2.75) is 6.18 Å². The van der Waals surface area contributed by atoms with Crippen molar-refractivity contribution in [2.75, 3.05) is 31.1 Å². The molecule has 3 heterocycles. The Labute approximate surface area is 142 Å². The van der Waals surface area contributed by atoms with Gasteiger partial charge in [-0.2, -0.15) is 13.2 Å². The summed E-state index contributed by atoms with van der Waals surface area (Å²) >= 11 is 0. The minimum Gasteiger partial charge on any atom is -0.465 e. The molecular formula is C17H16F3N3O2. The molecular weight excluding hydrogens is 335 g/mol. The molecule has 132 valence electrons. The van der Waals surface area contributed by atoms with Crippen LogP contribution in [-0.4, -0.2) is 42.0 Å². The molecule has 3 rings (SSSR count). The fourth-order valence-electron chi connectivity index (χ4n) is 2.54. The lowest BCUT2D eigenvalue weighted by Gasteiger charge is -2.35. The molecule has 1 aliphatic heterocycles. The van der Waals surface area contributed by atoms with Gasteiger partial charge in [0.1, 0.15) is 11.6 Å². The Bertz CT molecular complexity index is 731. The molecule has 0 unspecified atom stereocenters. The van der Waals surface area contributed by atoms with E-state index in [1.54, 1.807) is 23.1 Å². The zero-order valence-corrected chi connectivity index (χ0v) is 13.2. The molecule has 0 atom stereocenters. The first-order valence-electron chi connectivity index (χ1n) is 7.72. The van der Waals surface area contributed by atoms with Gasteiger partial charge < -0.3 is 14.2 Å². The van der Waals surface area contributed by atoms with Gasteiger partial charge in [-0.1, -0.05) is 0 Å². The van der Waals surface area contributed by atoms with Crippen LogP contribution < -0.4 is 4.90 Å². The van der Waals surface area contributed by atoms with E-state index in [1.807, 2.05) is 4.90 Å². The van der Waals surface area contributed by atoms with Crippen LogP contribution in [0.25, 0.3) is 6.08 Å². The number of hydrogen-bond donors (Lipinski definition) is 0. The first kappa shape index (κ1) is 17.1. The second-order valence-electron chi connectivity index (χ2n) is 5.56. The molecule has 1 saturated heterocycles. The summed E-state index contributed by atoms with van der Waals surface area (Å²) in [6, 6.07) is 5.86. The van der Waals surface area contributed by atoms with E-state index in [4.69, 9.17) is 4.42 Å². The van der Waals surface area contributed by atoms with Gasteiger partial charge in [0.2, 0.25) is 5.91 Å². The molecule has 0 bridgehead atoms. The maximum absolute atomic E-state index is 12.6. The fraction of sp³-hybridized carbons (Fsp3) is 0.294. The number of carbonyl (C=O) groups is 1. The summed E-state index contributed by atoms with van der Waals surface area (Å²) in [6.07, 6.45) is 1.02. The molecule has 1 aliphatic rings. The van der Waals surface area contributed by atoms with E-state index >= 15 is 0 Å². The smallest absolute Gasteiger partial charge is 0.417 e. The van der Waals surface area contributed by atoms with Crippen LogP contribution in [-0.2, 0) is 11.0 Å². The first-order chi connectivity index (χ1) is 11.9. The van der Waals surface area contributed by atoms with Gasteiger partial charge in [-0.25, -0.2) is 4.98 Å². The monoisotopic (exact) mass is 351 g/mol. The molecule has 1 fully saturated rings. The molecule has 8 heteroatoms. The zero-order valence-electron chi connectivity index (χ0n) is 13.2. The van der Waals surface area contributed by atoms with E-state index in [2.05, 4.69) is 4.98 Å². The molecule has 0 spiro atoms. The average molecular weight is 351 g/mol. The number of furan rings is 1. The van der Waals surface area contributed by atoms with Gasteiger partial charge in [-0.15, -0.1) is 0 Å². The molecule has 25 heavy (non-hydrogen) atoms. The van der Waals surface area contributed by atoms with Crippen LogP contribution in [0.4, 0.5) is 19.0 Å². The first-order valence-corrected chi connectivity index (χ1v) is 7.72. The summed E-state index contributed by atoms with van der Waals surface area (Å²) < 4.78 is 42.8. The van der Waals surface area contributed by atoms with Crippen molar-refractivity contribution < 1.29 is 22.4 Å². The van der Waals surface area contributed by atoms with Crippen molar-refractivity contribution >= 4 is 17.8 Å². The number of hydrogen-bond acceptors (Lipinski definition) is 4. The van der Waals surface area contributed by atoms with Crippen molar-refractivity contribution in [3.8, 4) is 0 Å². The maximum atomic E-state index is 12.6. The molecule has 2 aromatic heterocycles. The van der Waals surface area contributed by atoms with Crippen molar-refractivity contribution in [1.29, 1.82) is 0 Å². The number of anilines is 1. The molecule has 0 saturated carbocycles. The third-order valence-electron chi connectivity index (χ3n) is 3.92. The molecule has 0 aliphatic carbocycles. The normalized spacial score (nSPS) is 15.8. The van der Waals surface area contributed by atoms with Gasteiger partial charge in [0.15, 0.2) is 0 Å². The van der Waals surface area contributed by atoms with Crippen molar-refractivity contribution in [2.24, 2.45) is 0 Å². The highest BCUT2D eigenvalue weighted by Gasteiger charge is 2.31. The maximum Gasteiger partial charge on any atom is 0.417 e. The Morgan fingerprint density at radius 3 is 2.48 bits per heavy atom. The number of pyridine rings is 1. The highest BCUT2D eigenvalue weighted by molar-refractivity contribution is 5.91. The standard InChI is InChI=1S/C17H16F3N3O2/c18-17(19,20)13-3-5-15(21-12-13)22-7-9-23(10-8-22)16(24)6-4-14-2-1-11-25-14/h1-6,11-12H,7-10H2. The number of halogens is 3. The summed E-state index contributed by atoms with van der Waals surface area (Å²) in [6.45, 7) is 1.98. The van der Waals surface area contributed by atoms with Gasteiger partial charge in [0.05, 0.1) is 11.8 Å². The number of carbonyl (C=O) groups excluding carboxylic acids is 1. The zero-order chi connectivity index (χ0) is 17.9. The Balaban J connectivity index is 1.55. The second kappa shape index (κ2) is 7.00. The van der Waals surface area contributed by atoms with Crippen molar-refractivity contribution in [3.63, 3.8) is 0 Å². The lowest BCUT2D eigenvalue weighted by atomic mass is 10.2. The summed E-state index contributed by atoms with van der Waals surface area (Å²) in [4.78, 5) is 19.6. The summed E-state index contributed by atoms with van der Waals surface area (Å²) in [5.41, 5.74) is -0.770. The Morgan fingerprint density at radius 1 is 1.16 bits per heavy atom. The SMILES string of the molecule is O=C(C=Cc1ccco1)N1CCN(c2ccc(C(F)(F)F)cn2)CC1. The van der Waals surface area contributed by atoms with E-state index < -0.39 is 11.7 Å². The third-order valence-corrected chi connectivity index (χ3v) is 3.92. The van der Waals surface area contributed by atoms with E-state index in [0.29, 0.717) is 37.8 Å². The predicted molar refractivity (Wildman–Crippen MR) is 85.8 cm³/mol. The summed E-state index contributed by atoms with van der Waals surface area (Å²) in [5.74, 6) is 0.948. The van der Waals surface area contributed by atoms with Gasteiger partial charge in [0.25, 0.3) is 0 Å². The number of alkyl halides is 3. The van der Waals surface area contributed by atoms with Crippen molar-refractivity contribution in [1.82, 2.24) is 9.88 Å². The Kier molecular flexibility index (Phi) is 4.78. The predicted octanol–water partition coefficient (Wildman–Crippen LogP) is 3.06. The topological polar surface area (TPSA) is 49.6 Å². The van der Waals surface area contributed by atoms with Crippen molar-refractivity contribution in [3.05, 3.63) is 54.1 Å². The highest BCUT2D eigenvalue weighted by atomic mass is 19.4. The van der Waals surface area contributed by atoms with Crippen LogP contribution in [0.2, 0.25) is 0 Å². The van der Waals surface area contributed by atoms with E-state index in [0.717, 1.165) is 12.3 Å². The van der Waals surface area contributed by atoms with E-state index in [1.165, 1.54) is 18.4 Å². The van der Waals surface area contributed by atoms with E-state index in [9.17, 15) is 18.0 Å². The minimum absolute atomic E-state index is 0.128. The Hall–Kier alpha value is -2.77. The van der Waals surface area contributed by atoms with Gasteiger partial charge >= 0.3 is 6.18 Å². The van der Waals surface area contributed by atoms with E-state index in [-0.39, 0.29) is 5.91 Å². The lowest BCUT2D eigenvalue weighted by Crippen LogP contribution is -2.48. The second-order valence-corrected chi connectivity index (χ2v) is 5.56. The lowest BCUT2D eigenvalue weighted by molar-refractivity contribution is -0.137. The molecule has 0 N–H and O–H groups in total. The minimum atomic E-state index is -4.39. The van der Waals surface area contributed by atoms with Gasteiger partial charge in [-0.3, -0.25) is 4.79 Å². The van der Waals surface area contributed by atoms with Crippen LogP contribution in [0.5, 0.6) is 0 Å². The Morgan fingerprint density at radius 2 is 1.92 bits per heavy atom.